The second kappa shape index (κ2) is 8.68. The van der Waals surface area contributed by atoms with Crippen molar-refractivity contribution in [3.63, 3.8) is 0 Å². The van der Waals surface area contributed by atoms with Gasteiger partial charge in [-0.2, -0.15) is 0 Å². The van der Waals surface area contributed by atoms with E-state index in [-0.39, 0.29) is 5.91 Å². The number of hydrogen-bond acceptors (Lipinski definition) is 4. The Kier molecular flexibility index (Phi) is 6.32. The van der Waals surface area contributed by atoms with Gasteiger partial charge in [0.1, 0.15) is 0 Å². The van der Waals surface area contributed by atoms with Crippen molar-refractivity contribution in [3.05, 3.63) is 30.3 Å². The van der Waals surface area contributed by atoms with Crippen molar-refractivity contribution in [1.82, 2.24) is 9.80 Å². The van der Waals surface area contributed by atoms with Crippen LogP contribution in [-0.4, -0.2) is 75.2 Å². The minimum absolute atomic E-state index is 0.203. The minimum Gasteiger partial charge on any atom is -0.381 e. The second-order valence-electron chi connectivity index (χ2n) is 7.46. The summed E-state index contributed by atoms with van der Waals surface area (Å²) in [7, 11) is 3.94. The van der Waals surface area contributed by atoms with E-state index in [1.807, 2.05) is 54.2 Å². The molecule has 138 valence electrons. The highest BCUT2D eigenvalue weighted by molar-refractivity contribution is 5.81. The first-order valence-corrected chi connectivity index (χ1v) is 9.45. The average Bonchev–Trinajstić information content (AvgIpc) is 3.15. The predicted octanol–water partition coefficient (Wildman–Crippen LogP) is 2.08. The van der Waals surface area contributed by atoms with Gasteiger partial charge in [0, 0.05) is 52.1 Å². The molecule has 0 aromatic heterocycles. The van der Waals surface area contributed by atoms with Crippen LogP contribution in [0.4, 0.5) is 5.69 Å². The Bertz CT molecular complexity index is 537. The molecule has 2 saturated heterocycles. The third kappa shape index (κ3) is 4.95. The standard InChI is InChI=1S/C20H31N3O2/c1-21(18-6-4-3-5-7-18)15-20(24)22(2)19-8-11-23(12-9-19)14-17-10-13-25-16-17/h3-7,17,19H,8-16H2,1-2H3/t17-/m0/s1. The molecule has 0 saturated carbocycles. The molecule has 0 N–H and O–H groups in total. The van der Waals surface area contributed by atoms with Gasteiger partial charge in [0.05, 0.1) is 13.2 Å². The number of likely N-dealkylation sites (tertiary alicyclic amines) is 1. The molecule has 5 heteroatoms. The maximum absolute atomic E-state index is 12.6. The van der Waals surface area contributed by atoms with Gasteiger partial charge in [-0.15, -0.1) is 0 Å². The molecule has 2 aliphatic rings. The molecule has 1 aromatic carbocycles. The number of nitrogens with zero attached hydrogens (tertiary/aromatic N) is 3. The number of piperidine rings is 1. The van der Waals surface area contributed by atoms with Gasteiger partial charge in [0.2, 0.25) is 5.91 Å². The van der Waals surface area contributed by atoms with Gasteiger partial charge in [-0.3, -0.25) is 4.79 Å². The van der Waals surface area contributed by atoms with Gasteiger partial charge in [-0.1, -0.05) is 18.2 Å². The molecule has 0 radical (unpaired) electrons. The lowest BCUT2D eigenvalue weighted by Gasteiger charge is -2.38. The highest BCUT2D eigenvalue weighted by Gasteiger charge is 2.27. The highest BCUT2D eigenvalue weighted by Crippen LogP contribution is 2.20. The van der Waals surface area contributed by atoms with Gasteiger partial charge in [-0.25, -0.2) is 0 Å². The van der Waals surface area contributed by atoms with Gasteiger partial charge in [0.25, 0.3) is 0 Å². The molecule has 25 heavy (non-hydrogen) atoms. The smallest absolute Gasteiger partial charge is 0.242 e. The predicted molar refractivity (Wildman–Crippen MR) is 101 cm³/mol. The summed E-state index contributed by atoms with van der Waals surface area (Å²) in [4.78, 5) is 19.2. The van der Waals surface area contributed by atoms with E-state index in [9.17, 15) is 4.79 Å². The van der Waals surface area contributed by atoms with Crippen molar-refractivity contribution in [2.75, 3.05) is 58.4 Å². The molecule has 2 fully saturated rings. The van der Waals surface area contributed by atoms with Gasteiger partial charge < -0.3 is 19.4 Å². The van der Waals surface area contributed by atoms with Crippen LogP contribution in [0.2, 0.25) is 0 Å². The maximum Gasteiger partial charge on any atom is 0.242 e. The number of rotatable bonds is 6. The van der Waals surface area contributed by atoms with Crippen molar-refractivity contribution in [2.24, 2.45) is 5.92 Å². The molecule has 0 aliphatic carbocycles. The van der Waals surface area contributed by atoms with Crippen LogP contribution in [0.25, 0.3) is 0 Å². The van der Waals surface area contributed by atoms with Crippen molar-refractivity contribution < 1.29 is 9.53 Å². The number of amides is 1. The number of para-hydroxylation sites is 1. The van der Waals surface area contributed by atoms with Gasteiger partial charge in [-0.05, 0) is 37.3 Å². The number of likely N-dealkylation sites (N-methyl/N-ethyl adjacent to an activating group) is 2. The minimum atomic E-state index is 0.203. The monoisotopic (exact) mass is 345 g/mol. The third-order valence-electron chi connectivity index (χ3n) is 5.61. The van der Waals surface area contributed by atoms with Crippen LogP contribution in [0.1, 0.15) is 19.3 Å². The summed E-state index contributed by atoms with van der Waals surface area (Å²) in [6.45, 7) is 5.61. The number of carbonyl (C=O) groups is 1. The fourth-order valence-electron chi connectivity index (χ4n) is 3.87. The Labute approximate surface area is 151 Å². The normalized spacial score (nSPS) is 22.1. The van der Waals surface area contributed by atoms with Gasteiger partial charge in [0.15, 0.2) is 0 Å². The molecule has 1 aromatic rings. The van der Waals surface area contributed by atoms with E-state index in [2.05, 4.69) is 4.90 Å². The molecule has 2 aliphatic heterocycles. The van der Waals surface area contributed by atoms with Crippen LogP contribution in [0, 0.1) is 5.92 Å². The van der Waals surface area contributed by atoms with Crippen LogP contribution in [-0.2, 0) is 9.53 Å². The van der Waals surface area contributed by atoms with Crippen LogP contribution < -0.4 is 4.90 Å². The fourth-order valence-corrected chi connectivity index (χ4v) is 3.87. The lowest BCUT2D eigenvalue weighted by molar-refractivity contribution is -0.131. The molecule has 5 nitrogen and oxygen atoms in total. The summed E-state index contributed by atoms with van der Waals surface area (Å²) in [5.74, 6) is 0.907. The molecule has 1 atom stereocenters. The first-order valence-electron chi connectivity index (χ1n) is 9.45. The molecule has 3 rings (SSSR count). The topological polar surface area (TPSA) is 36.0 Å². The highest BCUT2D eigenvalue weighted by atomic mass is 16.5. The van der Waals surface area contributed by atoms with E-state index in [1.54, 1.807) is 0 Å². The van der Waals surface area contributed by atoms with Crippen molar-refractivity contribution in [1.29, 1.82) is 0 Å². The van der Waals surface area contributed by atoms with E-state index in [1.165, 1.54) is 6.42 Å². The quantitative estimate of drug-likeness (QED) is 0.791. The summed E-state index contributed by atoms with van der Waals surface area (Å²) < 4.78 is 5.48. The van der Waals surface area contributed by atoms with E-state index in [0.29, 0.717) is 18.5 Å². The van der Waals surface area contributed by atoms with Crippen molar-refractivity contribution >= 4 is 11.6 Å². The number of ether oxygens (including phenoxy) is 1. The number of benzene rings is 1. The average molecular weight is 345 g/mol. The molecule has 0 bridgehead atoms. The van der Waals surface area contributed by atoms with E-state index in [4.69, 9.17) is 4.74 Å². The van der Waals surface area contributed by atoms with Crippen LogP contribution >= 0.6 is 0 Å². The Morgan fingerprint density at radius 2 is 1.88 bits per heavy atom. The van der Waals surface area contributed by atoms with E-state index >= 15 is 0 Å². The first kappa shape index (κ1) is 18.2. The lowest BCUT2D eigenvalue weighted by Crippen LogP contribution is -2.48. The SMILES string of the molecule is CN(CC(=O)N(C)C1CCN(C[C@@H]2CCOC2)CC1)c1ccccc1. The summed E-state index contributed by atoms with van der Waals surface area (Å²) in [5, 5.41) is 0. The third-order valence-corrected chi connectivity index (χ3v) is 5.61. The molecular formula is C20H31N3O2. The second-order valence-corrected chi connectivity index (χ2v) is 7.46. The molecule has 1 amide bonds. The van der Waals surface area contributed by atoms with Gasteiger partial charge >= 0.3 is 0 Å². The zero-order valence-electron chi connectivity index (χ0n) is 15.6. The zero-order valence-corrected chi connectivity index (χ0v) is 15.6. The maximum atomic E-state index is 12.6. The van der Waals surface area contributed by atoms with E-state index in [0.717, 1.165) is 51.4 Å². The largest absolute Gasteiger partial charge is 0.381 e. The van der Waals surface area contributed by atoms with Crippen LogP contribution in [0.3, 0.4) is 0 Å². The first-order chi connectivity index (χ1) is 12.1. The Morgan fingerprint density at radius 1 is 1.16 bits per heavy atom. The summed E-state index contributed by atoms with van der Waals surface area (Å²) in [5.41, 5.74) is 1.08. The fraction of sp³-hybridized carbons (Fsp3) is 0.650. The molecule has 2 heterocycles. The van der Waals surface area contributed by atoms with E-state index < -0.39 is 0 Å². The van der Waals surface area contributed by atoms with Crippen LogP contribution in [0.15, 0.2) is 30.3 Å². The van der Waals surface area contributed by atoms with Crippen molar-refractivity contribution in [3.8, 4) is 0 Å². The molecule has 0 spiro atoms. The molecular weight excluding hydrogens is 314 g/mol. The Balaban J connectivity index is 1.43. The van der Waals surface area contributed by atoms with Crippen LogP contribution in [0.5, 0.6) is 0 Å². The van der Waals surface area contributed by atoms with Crippen molar-refractivity contribution in [2.45, 2.75) is 25.3 Å². The summed E-state index contributed by atoms with van der Waals surface area (Å²) in [6.07, 6.45) is 3.35. The zero-order chi connectivity index (χ0) is 17.6. The number of hydrogen-bond donors (Lipinski definition) is 0. The summed E-state index contributed by atoms with van der Waals surface area (Å²) >= 11 is 0. The Morgan fingerprint density at radius 3 is 2.52 bits per heavy atom. The molecule has 0 unspecified atom stereocenters. The number of anilines is 1. The lowest BCUT2D eigenvalue weighted by atomic mass is 10.0. The summed E-state index contributed by atoms with van der Waals surface area (Å²) in [6, 6.07) is 10.5. The Hall–Kier alpha value is -1.59. The number of carbonyl (C=O) groups excluding carboxylic acids is 1.